The van der Waals surface area contributed by atoms with Gasteiger partial charge in [-0.15, -0.1) is 0 Å². The predicted octanol–water partition coefficient (Wildman–Crippen LogP) is 4.68. The molecule has 2 aromatic rings. The molecule has 1 atom stereocenters. The van der Waals surface area contributed by atoms with Crippen molar-refractivity contribution in [3.05, 3.63) is 65.0 Å². The average Bonchev–Trinajstić information content (AvgIpc) is 2.51. The zero-order valence-corrected chi connectivity index (χ0v) is 14.9. The summed E-state index contributed by atoms with van der Waals surface area (Å²) in [5, 5.41) is 0. The topological polar surface area (TPSA) is 42.3 Å². The molecule has 3 nitrogen and oxygen atoms in total. The van der Waals surface area contributed by atoms with E-state index in [0.717, 1.165) is 12.1 Å². The number of aromatic nitrogens is 1. The van der Waals surface area contributed by atoms with Crippen molar-refractivity contribution in [3.8, 4) is 0 Å². The SMILES string of the molecule is CC(C)(C)S(=O)N=C(c1ccc(C(F)(F)F)c(F)c1)c1ncccc1F. The Bertz CT molecular complexity index is 872. The highest BCUT2D eigenvalue weighted by Gasteiger charge is 2.34. The zero-order chi connectivity index (χ0) is 19.7. The van der Waals surface area contributed by atoms with Gasteiger partial charge < -0.3 is 0 Å². The first-order valence-corrected chi connectivity index (χ1v) is 8.50. The molecule has 0 spiro atoms. The summed E-state index contributed by atoms with van der Waals surface area (Å²) < 4.78 is 81.7. The number of hydrogen-bond donors (Lipinski definition) is 0. The molecule has 0 fully saturated rings. The van der Waals surface area contributed by atoms with Crippen molar-refractivity contribution in [1.29, 1.82) is 0 Å². The number of pyridine rings is 1. The first kappa shape index (κ1) is 20.2. The Morgan fingerprint density at radius 2 is 1.73 bits per heavy atom. The quantitative estimate of drug-likeness (QED) is 0.564. The molecule has 1 aromatic heterocycles. The maximum Gasteiger partial charge on any atom is 0.419 e. The number of rotatable bonds is 3. The van der Waals surface area contributed by atoms with Gasteiger partial charge in [-0.25, -0.2) is 13.0 Å². The third-order valence-electron chi connectivity index (χ3n) is 3.23. The smallest absolute Gasteiger partial charge is 0.251 e. The fourth-order valence-electron chi connectivity index (χ4n) is 1.90. The van der Waals surface area contributed by atoms with Crippen LogP contribution in [0.25, 0.3) is 0 Å². The molecule has 0 radical (unpaired) electrons. The first-order valence-electron chi connectivity index (χ1n) is 7.40. The van der Waals surface area contributed by atoms with Crippen LogP contribution < -0.4 is 0 Å². The molecule has 1 unspecified atom stereocenters. The molecule has 0 N–H and O–H groups in total. The van der Waals surface area contributed by atoms with E-state index in [0.29, 0.717) is 12.1 Å². The van der Waals surface area contributed by atoms with Crippen LogP contribution in [-0.2, 0) is 17.2 Å². The van der Waals surface area contributed by atoms with Gasteiger partial charge in [0.15, 0.2) is 5.82 Å². The molecule has 0 bridgehead atoms. The number of alkyl halides is 3. The molecule has 26 heavy (non-hydrogen) atoms. The van der Waals surface area contributed by atoms with Gasteiger partial charge in [0.2, 0.25) is 0 Å². The third-order valence-corrected chi connectivity index (χ3v) is 4.62. The Hall–Kier alpha value is -2.16. The van der Waals surface area contributed by atoms with Crippen molar-refractivity contribution >= 4 is 16.7 Å². The largest absolute Gasteiger partial charge is 0.419 e. The Morgan fingerprint density at radius 3 is 2.23 bits per heavy atom. The van der Waals surface area contributed by atoms with Gasteiger partial charge in [0.05, 0.1) is 10.3 Å². The van der Waals surface area contributed by atoms with Gasteiger partial charge in [-0.3, -0.25) is 4.98 Å². The van der Waals surface area contributed by atoms with Crippen LogP contribution in [0, 0.1) is 11.6 Å². The Morgan fingerprint density at radius 1 is 1.08 bits per heavy atom. The molecule has 0 amide bonds. The molecule has 1 aromatic carbocycles. The van der Waals surface area contributed by atoms with Gasteiger partial charge in [0.1, 0.15) is 28.2 Å². The lowest BCUT2D eigenvalue weighted by molar-refractivity contribution is -0.140. The highest BCUT2D eigenvalue weighted by Crippen LogP contribution is 2.32. The second-order valence-corrected chi connectivity index (χ2v) is 8.23. The van der Waals surface area contributed by atoms with Gasteiger partial charge in [-0.05, 0) is 45.0 Å². The van der Waals surface area contributed by atoms with Gasteiger partial charge in [-0.2, -0.15) is 17.6 Å². The van der Waals surface area contributed by atoms with E-state index in [9.17, 15) is 26.2 Å². The predicted molar refractivity (Wildman–Crippen MR) is 89.1 cm³/mol. The zero-order valence-electron chi connectivity index (χ0n) is 14.1. The van der Waals surface area contributed by atoms with E-state index in [2.05, 4.69) is 9.38 Å². The summed E-state index contributed by atoms with van der Waals surface area (Å²) >= 11 is 0. The number of halogens is 5. The lowest BCUT2D eigenvalue weighted by atomic mass is 10.0. The molecular formula is C17H15F5N2OS. The van der Waals surface area contributed by atoms with Crippen LogP contribution in [0.5, 0.6) is 0 Å². The highest BCUT2D eigenvalue weighted by atomic mass is 32.2. The summed E-state index contributed by atoms with van der Waals surface area (Å²) in [6.45, 7) is 4.85. The fraction of sp³-hybridized carbons (Fsp3) is 0.294. The van der Waals surface area contributed by atoms with E-state index in [4.69, 9.17) is 0 Å². The van der Waals surface area contributed by atoms with Crippen molar-refractivity contribution < 1.29 is 26.2 Å². The Labute approximate surface area is 149 Å². The Kier molecular flexibility index (Phi) is 5.60. The minimum absolute atomic E-state index is 0.161. The van der Waals surface area contributed by atoms with Crippen LogP contribution in [0.1, 0.15) is 37.6 Å². The molecule has 140 valence electrons. The maximum absolute atomic E-state index is 14.1. The minimum Gasteiger partial charge on any atom is -0.251 e. The molecular weight excluding hydrogens is 375 g/mol. The van der Waals surface area contributed by atoms with Crippen LogP contribution in [0.2, 0.25) is 0 Å². The lowest BCUT2D eigenvalue weighted by Gasteiger charge is -2.16. The van der Waals surface area contributed by atoms with E-state index < -0.39 is 39.1 Å². The van der Waals surface area contributed by atoms with E-state index in [1.807, 2.05) is 0 Å². The summed E-state index contributed by atoms with van der Waals surface area (Å²) in [6, 6.07) is 4.43. The molecule has 2 rings (SSSR count). The Balaban J connectivity index is 2.66. The van der Waals surface area contributed by atoms with Crippen LogP contribution >= 0.6 is 0 Å². The molecule has 0 saturated carbocycles. The van der Waals surface area contributed by atoms with Gasteiger partial charge in [-0.1, -0.05) is 6.07 Å². The van der Waals surface area contributed by atoms with Crippen molar-refractivity contribution in [2.45, 2.75) is 31.7 Å². The fourth-order valence-corrected chi connectivity index (χ4v) is 2.54. The molecule has 1 heterocycles. The number of benzene rings is 1. The van der Waals surface area contributed by atoms with Crippen LogP contribution in [0.3, 0.4) is 0 Å². The molecule has 0 aliphatic rings. The molecule has 9 heteroatoms. The standard InChI is InChI=1S/C17H15F5N2OS/c1-16(2,3)26(25)24-14(15-12(18)5-4-8-23-15)10-6-7-11(13(19)9-10)17(20,21)22/h4-9H,1-3H3. The van der Waals surface area contributed by atoms with E-state index in [1.54, 1.807) is 20.8 Å². The van der Waals surface area contributed by atoms with Crippen LogP contribution in [-0.4, -0.2) is 19.7 Å². The third kappa shape index (κ3) is 4.51. The van der Waals surface area contributed by atoms with Gasteiger partial charge >= 0.3 is 6.18 Å². The van der Waals surface area contributed by atoms with Gasteiger partial charge in [0.25, 0.3) is 0 Å². The van der Waals surface area contributed by atoms with E-state index >= 15 is 0 Å². The van der Waals surface area contributed by atoms with E-state index in [1.165, 1.54) is 12.3 Å². The van der Waals surface area contributed by atoms with E-state index in [-0.39, 0.29) is 17.0 Å². The van der Waals surface area contributed by atoms with Crippen molar-refractivity contribution in [1.82, 2.24) is 4.98 Å². The number of nitrogens with zero attached hydrogens (tertiary/aromatic N) is 2. The lowest BCUT2D eigenvalue weighted by Crippen LogP contribution is -2.22. The van der Waals surface area contributed by atoms with Crippen LogP contribution in [0.15, 0.2) is 40.9 Å². The molecule has 0 saturated heterocycles. The second kappa shape index (κ2) is 7.22. The molecule has 0 aliphatic carbocycles. The van der Waals surface area contributed by atoms with Crippen molar-refractivity contribution in [2.24, 2.45) is 4.40 Å². The van der Waals surface area contributed by atoms with Crippen molar-refractivity contribution in [2.75, 3.05) is 0 Å². The number of hydrogen-bond acceptors (Lipinski definition) is 2. The minimum atomic E-state index is -4.87. The summed E-state index contributed by atoms with van der Waals surface area (Å²) in [5.74, 6) is -2.36. The average molecular weight is 390 g/mol. The molecule has 0 aliphatic heterocycles. The summed E-state index contributed by atoms with van der Waals surface area (Å²) in [5.41, 5.74) is -2.24. The monoisotopic (exact) mass is 390 g/mol. The normalized spacial score (nSPS) is 14.4. The van der Waals surface area contributed by atoms with Crippen LogP contribution in [0.4, 0.5) is 22.0 Å². The summed E-state index contributed by atoms with van der Waals surface area (Å²) in [4.78, 5) is 3.81. The second-order valence-electron chi connectivity index (χ2n) is 6.33. The van der Waals surface area contributed by atoms with Crippen molar-refractivity contribution in [3.63, 3.8) is 0 Å². The summed E-state index contributed by atoms with van der Waals surface area (Å²) in [6.07, 6.45) is -3.63. The maximum atomic E-state index is 14.1. The first-order chi connectivity index (χ1) is 11.9. The van der Waals surface area contributed by atoms with Gasteiger partial charge in [0, 0.05) is 11.8 Å². The summed E-state index contributed by atoms with van der Waals surface area (Å²) in [7, 11) is -1.87. The highest BCUT2D eigenvalue weighted by molar-refractivity contribution is 7.85.